The molecule has 0 N–H and O–H groups in total. The van der Waals surface area contributed by atoms with Crippen LogP contribution < -0.4 is 4.74 Å². The number of rotatable bonds is 8. The van der Waals surface area contributed by atoms with E-state index in [1.54, 1.807) is 55.7 Å². The van der Waals surface area contributed by atoms with E-state index in [1.807, 2.05) is 0 Å². The maximum Gasteiger partial charge on any atom is 0.310 e. The summed E-state index contributed by atoms with van der Waals surface area (Å²) >= 11 is 0. The molecule has 0 spiro atoms. The van der Waals surface area contributed by atoms with Crippen LogP contribution in [-0.2, 0) is 9.53 Å². The maximum atomic E-state index is 12.0. The number of Topliss-reactive ketones (excluding diaryl/α,β-unsaturated/α-hetero) is 1. The molecule has 2 heterocycles. The molecule has 8 nitrogen and oxygen atoms in total. The summed E-state index contributed by atoms with van der Waals surface area (Å²) in [5, 5.41) is 3.87. The number of carbonyl (C=O) groups is 2. The third kappa shape index (κ3) is 5.00. The minimum atomic E-state index is -0.680. The number of hydrogen-bond acceptors (Lipinski definition) is 8. The van der Waals surface area contributed by atoms with Gasteiger partial charge in [0.1, 0.15) is 5.75 Å². The number of pyridine rings is 1. The average molecular weight is 381 g/mol. The molecule has 0 saturated carbocycles. The minimum Gasteiger partial charge on any atom is -0.493 e. The second-order valence-electron chi connectivity index (χ2n) is 6.01. The third-order valence-electron chi connectivity index (χ3n) is 3.85. The lowest BCUT2D eigenvalue weighted by atomic mass is 10.1. The first-order chi connectivity index (χ1) is 13.5. The first kappa shape index (κ1) is 19.2. The van der Waals surface area contributed by atoms with Crippen LogP contribution in [0.5, 0.6) is 5.75 Å². The van der Waals surface area contributed by atoms with Gasteiger partial charge in [-0.3, -0.25) is 14.6 Å². The number of benzene rings is 1. The van der Waals surface area contributed by atoms with Gasteiger partial charge in [0.25, 0.3) is 5.89 Å². The van der Waals surface area contributed by atoms with Crippen LogP contribution >= 0.6 is 0 Å². The largest absolute Gasteiger partial charge is 0.493 e. The number of carbonyl (C=O) groups excluding carboxylic acids is 2. The van der Waals surface area contributed by atoms with E-state index >= 15 is 0 Å². The van der Waals surface area contributed by atoms with Gasteiger partial charge in [-0.05, 0) is 50.2 Å². The number of ketones is 1. The van der Waals surface area contributed by atoms with Gasteiger partial charge in [0.2, 0.25) is 5.82 Å². The van der Waals surface area contributed by atoms with Crippen molar-refractivity contribution in [1.29, 1.82) is 0 Å². The summed E-state index contributed by atoms with van der Waals surface area (Å²) in [5.41, 5.74) is 1.31. The zero-order chi connectivity index (χ0) is 19.9. The molecule has 0 aliphatic carbocycles. The van der Waals surface area contributed by atoms with Crippen LogP contribution in [0.3, 0.4) is 0 Å². The normalized spacial score (nSPS) is 11.6. The molecule has 0 amide bonds. The molecular weight excluding hydrogens is 362 g/mol. The van der Waals surface area contributed by atoms with Gasteiger partial charge >= 0.3 is 5.97 Å². The molecule has 1 atom stereocenters. The first-order valence-corrected chi connectivity index (χ1v) is 8.70. The van der Waals surface area contributed by atoms with Crippen molar-refractivity contribution < 1.29 is 23.6 Å². The first-order valence-electron chi connectivity index (χ1n) is 8.70. The zero-order valence-corrected chi connectivity index (χ0v) is 15.5. The Morgan fingerprint density at radius 1 is 1.18 bits per heavy atom. The fourth-order valence-corrected chi connectivity index (χ4v) is 2.36. The van der Waals surface area contributed by atoms with E-state index in [2.05, 4.69) is 15.1 Å². The summed E-state index contributed by atoms with van der Waals surface area (Å²) < 4.78 is 15.9. The van der Waals surface area contributed by atoms with E-state index in [0.717, 1.165) is 0 Å². The highest BCUT2D eigenvalue weighted by molar-refractivity contribution is 5.94. The Hall–Kier alpha value is -3.55. The van der Waals surface area contributed by atoms with Gasteiger partial charge < -0.3 is 14.0 Å². The fraction of sp³-hybridized carbons (Fsp3) is 0.250. The molecule has 8 heteroatoms. The van der Waals surface area contributed by atoms with Crippen LogP contribution in [0.25, 0.3) is 11.4 Å². The van der Waals surface area contributed by atoms with Gasteiger partial charge in [0.05, 0.1) is 13.0 Å². The van der Waals surface area contributed by atoms with Crippen molar-refractivity contribution >= 4 is 11.8 Å². The summed E-state index contributed by atoms with van der Waals surface area (Å²) in [6, 6.07) is 10.3. The van der Waals surface area contributed by atoms with E-state index in [4.69, 9.17) is 14.0 Å². The van der Waals surface area contributed by atoms with Crippen LogP contribution in [0.2, 0.25) is 0 Å². The second-order valence-corrected chi connectivity index (χ2v) is 6.01. The molecule has 0 saturated heterocycles. The Morgan fingerprint density at radius 2 is 1.96 bits per heavy atom. The average Bonchev–Trinajstić information content (AvgIpc) is 3.19. The smallest absolute Gasteiger partial charge is 0.310 e. The van der Waals surface area contributed by atoms with Crippen molar-refractivity contribution in [2.75, 3.05) is 6.61 Å². The van der Waals surface area contributed by atoms with Gasteiger partial charge in [-0.1, -0.05) is 5.16 Å². The maximum absolute atomic E-state index is 12.0. The standard InChI is InChI=1S/C20H19N3O5/c1-13(24)15-5-7-17(8-6-15)26-11-9-18(25)27-14(2)20-22-19(23-28-20)16-4-3-10-21-12-16/h3-8,10,12,14H,9,11H2,1-2H3. The molecule has 2 aromatic heterocycles. The molecule has 1 aromatic carbocycles. The highest BCUT2D eigenvalue weighted by atomic mass is 16.6. The summed E-state index contributed by atoms with van der Waals surface area (Å²) in [6.45, 7) is 3.30. The van der Waals surface area contributed by atoms with Gasteiger partial charge in [-0.25, -0.2) is 0 Å². The summed E-state index contributed by atoms with van der Waals surface area (Å²) in [7, 11) is 0. The summed E-state index contributed by atoms with van der Waals surface area (Å²) in [6.07, 6.45) is 2.64. The Balaban J connectivity index is 1.47. The van der Waals surface area contributed by atoms with Crippen molar-refractivity contribution in [3.8, 4) is 17.1 Å². The Morgan fingerprint density at radius 3 is 2.64 bits per heavy atom. The number of esters is 1. The predicted octanol–water partition coefficient (Wildman–Crippen LogP) is 3.41. The monoisotopic (exact) mass is 381 g/mol. The van der Waals surface area contributed by atoms with Crippen LogP contribution in [0, 0.1) is 0 Å². The SMILES string of the molecule is CC(=O)c1ccc(OCCC(=O)OC(C)c2nc(-c3cccnc3)no2)cc1. The van der Waals surface area contributed by atoms with Crippen molar-refractivity contribution in [2.45, 2.75) is 26.4 Å². The summed E-state index contributed by atoms with van der Waals surface area (Å²) in [5.74, 6) is 0.686. The number of aromatic nitrogens is 3. The zero-order valence-electron chi connectivity index (χ0n) is 15.5. The van der Waals surface area contributed by atoms with Crippen LogP contribution in [-0.4, -0.2) is 33.5 Å². The lowest BCUT2D eigenvalue weighted by molar-refractivity contribution is -0.150. The van der Waals surface area contributed by atoms with Crippen molar-refractivity contribution in [3.05, 3.63) is 60.2 Å². The van der Waals surface area contributed by atoms with Crippen molar-refractivity contribution in [1.82, 2.24) is 15.1 Å². The molecule has 28 heavy (non-hydrogen) atoms. The van der Waals surface area contributed by atoms with E-state index in [-0.39, 0.29) is 24.7 Å². The Labute approximate surface area is 161 Å². The second kappa shape index (κ2) is 8.90. The van der Waals surface area contributed by atoms with Gasteiger partial charge in [-0.2, -0.15) is 4.98 Å². The van der Waals surface area contributed by atoms with Gasteiger partial charge in [0, 0.05) is 23.5 Å². The highest BCUT2D eigenvalue weighted by Gasteiger charge is 2.19. The number of ether oxygens (including phenoxy) is 2. The molecule has 0 radical (unpaired) electrons. The Bertz CT molecular complexity index is 938. The molecular formula is C20H19N3O5. The van der Waals surface area contributed by atoms with E-state index in [0.29, 0.717) is 22.7 Å². The molecule has 0 bridgehead atoms. The fourth-order valence-electron chi connectivity index (χ4n) is 2.36. The quantitative estimate of drug-likeness (QED) is 0.432. The lowest BCUT2D eigenvalue weighted by Gasteiger charge is -2.10. The number of nitrogens with zero attached hydrogens (tertiary/aromatic N) is 3. The van der Waals surface area contributed by atoms with Gasteiger partial charge in [-0.15, -0.1) is 0 Å². The van der Waals surface area contributed by atoms with Crippen molar-refractivity contribution in [2.24, 2.45) is 0 Å². The molecule has 3 rings (SSSR count). The van der Waals surface area contributed by atoms with Crippen LogP contribution in [0.4, 0.5) is 0 Å². The molecule has 0 aliphatic rings. The van der Waals surface area contributed by atoms with Crippen molar-refractivity contribution in [3.63, 3.8) is 0 Å². The molecule has 1 unspecified atom stereocenters. The summed E-state index contributed by atoms with van der Waals surface area (Å²) in [4.78, 5) is 31.5. The van der Waals surface area contributed by atoms with E-state index < -0.39 is 12.1 Å². The topological polar surface area (TPSA) is 104 Å². The molecule has 0 aliphatic heterocycles. The van der Waals surface area contributed by atoms with E-state index in [1.165, 1.54) is 6.92 Å². The molecule has 144 valence electrons. The minimum absolute atomic E-state index is 0.0168. The molecule has 0 fully saturated rings. The number of hydrogen-bond donors (Lipinski definition) is 0. The highest BCUT2D eigenvalue weighted by Crippen LogP contribution is 2.20. The predicted molar refractivity (Wildman–Crippen MR) is 98.6 cm³/mol. The Kier molecular flexibility index (Phi) is 6.11. The van der Waals surface area contributed by atoms with Gasteiger partial charge in [0.15, 0.2) is 11.9 Å². The third-order valence-corrected chi connectivity index (χ3v) is 3.85. The van der Waals surface area contributed by atoms with Crippen LogP contribution in [0.15, 0.2) is 53.3 Å². The van der Waals surface area contributed by atoms with E-state index in [9.17, 15) is 9.59 Å². The lowest BCUT2D eigenvalue weighted by Crippen LogP contribution is -2.12. The molecule has 3 aromatic rings. The van der Waals surface area contributed by atoms with Crippen LogP contribution in [0.1, 0.15) is 42.6 Å².